The molecule has 0 aliphatic rings. The molecule has 0 saturated heterocycles. The first kappa shape index (κ1) is 14.9. The predicted molar refractivity (Wildman–Crippen MR) is 72.4 cm³/mol. The number of carboxylic acid groups (broad SMARTS) is 1. The third-order valence-electron chi connectivity index (χ3n) is 2.87. The standard InChI is InChI=1S/C13H18N2O4/c1-3-4-10(13(16)17)8-14-11-7-9(2)5-6-12(11)15(18)19/h5-7,10,14H,3-4,8H2,1-2H3,(H,16,17). The first-order chi connectivity index (χ1) is 8.95. The minimum Gasteiger partial charge on any atom is -0.481 e. The van der Waals surface area contributed by atoms with Crippen LogP contribution < -0.4 is 5.32 Å². The van der Waals surface area contributed by atoms with Gasteiger partial charge in [0, 0.05) is 12.6 Å². The van der Waals surface area contributed by atoms with Crippen molar-refractivity contribution in [3.8, 4) is 0 Å². The lowest BCUT2D eigenvalue weighted by molar-refractivity contribution is -0.384. The van der Waals surface area contributed by atoms with Gasteiger partial charge in [0.25, 0.3) is 5.69 Å². The molecule has 6 heteroatoms. The van der Waals surface area contributed by atoms with Crippen molar-refractivity contribution < 1.29 is 14.8 Å². The number of nitrogens with one attached hydrogen (secondary N) is 1. The average Bonchev–Trinajstić information content (AvgIpc) is 2.33. The summed E-state index contributed by atoms with van der Waals surface area (Å²) >= 11 is 0. The van der Waals surface area contributed by atoms with Crippen LogP contribution in [0.5, 0.6) is 0 Å². The molecule has 0 fully saturated rings. The number of carbonyl (C=O) groups is 1. The molecule has 1 atom stereocenters. The third kappa shape index (κ3) is 4.24. The van der Waals surface area contributed by atoms with Gasteiger partial charge in [-0.2, -0.15) is 0 Å². The van der Waals surface area contributed by atoms with E-state index in [2.05, 4.69) is 5.32 Å². The van der Waals surface area contributed by atoms with Gasteiger partial charge in [-0.25, -0.2) is 0 Å². The number of carboxylic acids is 1. The smallest absolute Gasteiger partial charge is 0.308 e. The van der Waals surface area contributed by atoms with Crippen molar-refractivity contribution >= 4 is 17.3 Å². The summed E-state index contributed by atoms with van der Waals surface area (Å²) in [5.74, 6) is -1.42. The Kier molecular flexibility index (Phi) is 5.29. The Hall–Kier alpha value is -2.11. The lowest BCUT2D eigenvalue weighted by atomic mass is 10.0. The molecule has 0 radical (unpaired) electrons. The van der Waals surface area contributed by atoms with Gasteiger partial charge < -0.3 is 10.4 Å². The number of nitro benzene ring substituents is 1. The number of aliphatic carboxylic acids is 1. The monoisotopic (exact) mass is 266 g/mol. The second-order valence-corrected chi connectivity index (χ2v) is 4.48. The molecule has 0 spiro atoms. The molecule has 1 rings (SSSR count). The van der Waals surface area contributed by atoms with Crippen molar-refractivity contribution in [1.29, 1.82) is 0 Å². The van der Waals surface area contributed by atoms with Gasteiger partial charge in [0.05, 0.1) is 10.8 Å². The van der Waals surface area contributed by atoms with Crippen LogP contribution in [0.1, 0.15) is 25.3 Å². The van der Waals surface area contributed by atoms with Crippen LogP contribution in [0.25, 0.3) is 0 Å². The summed E-state index contributed by atoms with van der Waals surface area (Å²) in [5.41, 5.74) is 1.22. The summed E-state index contributed by atoms with van der Waals surface area (Å²) < 4.78 is 0. The largest absolute Gasteiger partial charge is 0.481 e. The first-order valence-corrected chi connectivity index (χ1v) is 6.17. The number of rotatable bonds is 7. The number of benzene rings is 1. The van der Waals surface area contributed by atoms with Gasteiger partial charge in [-0.3, -0.25) is 14.9 Å². The van der Waals surface area contributed by atoms with Crippen LogP contribution in [0.4, 0.5) is 11.4 Å². The normalized spacial score (nSPS) is 11.9. The molecule has 0 saturated carbocycles. The van der Waals surface area contributed by atoms with Crippen molar-refractivity contribution in [2.45, 2.75) is 26.7 Å². The molecule has 0 aliphatic heterocycles. The predicted octanol–water partition coefficient (Wildman–Crippen LogP) is 2.82. The highest BCUT2D eigenvalue weighted by molar-refractivity contribution is 5.71. The summed E-state index contributed by atoms with van der Waals surface area (Å²) in [6, 6.07) is 4.74. The van der Waals surface area contributed by atoms with Crippen LogP contribution in [0.3, 0.4) is 0 Å². The van der Waals surface area contributed by atoms with Crippen molar-refractivity contribution in [1.82, 2.24) is 0 Å². The van der Waals surface area contributed by atoms with E-state index < -0.39 is 16.8 Å². The topological polar surface area (TPSA) is 92.5 Å². The zero-order valence-electron chi connectivity index (χ0n) is 11.0. The molecule has 1 aromatic rings. The van der Waals surface area contributed by atoms with Crippen LogP contribution in [-0.4, -0.2) is 22.5 Å². The molecule has 1 unspecified atom stereocenters. The van der Waals surface area contributed by atoms with Gasteiger partial charge in [-0.15, -0.1) is 0 Å². The lowest BCUT2D eigenvalue weighted by Gasteiger charge is -2.13. The quantitative estimate of drug-likeness (QED) is 0.584. The molecule has 0 heterocycles. The van der Waals surface area contributed by atoms with E-state index in [9.17, 15) is 14.9 Å². The van der Waals surface area contributed by atoms with Crippen LogP contribution >= 0.6 is 0 Å². The SMILES string of the molecule is CCCC(CNc1cc(C)ccc1[N+](=O)[O-])C(=O)O. The van der Waals surface area contributed by atoms with E-state index in [1.807, 2.05) is 13.8 Å². The Morgan fingerprint density at radius 1 is 1.53 bits per heavy atom. The zero-order valence-corrected chi connectivity index (χ0v) is 11.0. The molecule has 0 bridgehead atoms. The maximum atomic E-state index is 11.0. The van der Waals surface area contributed by atoms with Gasteiger partial charge in [0.15, 0.2) is 0 Å². The molecule has 0 aliphatic carbocycles. The van der Waals surface area contributed by atoms with Crippen LogP contribution in [0.15, 0.2) is 18.2 Å². The van der Waals surface area contributed by atoms with Gasteiger partial charge in [0.2, 0.25) is 0 Å². The third-order valence-corrected chi connectivity index (χ3v) is 2.87. The zero-order chi connectivity index (χ0) is 14.4. The molecule has 0 amide bonds. The molecule has 2 N–H and O–H groups in total. The molecule has 0 aromatic heterocycles. The Bertz CT molecular complexity index is 474. The lowest BCUT2D eigenvalue weighted by Crippen LogP contribution is -2.23. The highest BCUT2D eigenvalue weighted by Gasteiger charge is 2.19. The summed E-state index contributed by atoms with van der Waals surface area (Å²) in [6.07, 6.45) is 1.30. The number of hydrogen-bond donors (Lipinski definition) is 2. The van der Waals surface area contributed by atoms with E-state index in [-0.39, 0.29) is 12.2 Å². The Labute approximate surface area is 111 Å². The Balaban J connectivity index is 2.83. The van der Waals surface area contributed by atoms with Gasteiger partial charge >= 0.3 is 5.97 Å². The minimum atomic E-state index is -0.885. The van der Waals surface area contributed by atoms with Crippen LogP contribution in [0, 0.1) is 23.0 Å². The maximum absolute atomic E-state index is 11.0. The summed E-state index contributed by atoms with van der Waals surface area (Å²) in [4.78, 5) is 21.4. The number of nitro groups is 1. The summed E-state index contributed by atoms with van der Waals surface area (Å²) in [6.45, 7) is 3.92. The summed E-state index contributed by atoms with van der Waals surface area (Å²) in [7, 11) is 0. The minimum absolute atomic E-state index is 0.0359. The maximum Gasteiger partial charge on any atom is 0.308 e. The second-order valence-electron chi connectivity index (χ2n) is 4.48. The van der Waals surface area contributed by atoms with E-state index in [0.717, 1.165) is 12.0 Å². The number of aryl methyl sites for hydroxylation is 1. The summed E-state index contributed by atoms with van der Waals surface area (Å²) in [5, 5.41) is 22.8. The van der Waals surface area contributed by atoms with Gasteiger partial charge in [-0.05, 0) is 25.0 Å². The Morgan fingerprint density at radius 2 is 2.21 bits per heavy atom. The van der Waals surface area contributed by atoms with E-state index in [1.165, 1.54) is 6.07 Å². The number of hydrogen-bond acceptors (Lipinski definition) is 4. The number of nitrogens with zero attached hydrogens (tertiary/aromatic N) is 1. The van der Waals surface area contributed by atoms with Gasteiger partial charge in [-0.1, -0.05) is 19.4 Å². The fourth-order valence-corrected chi connectivity index (χ4v) is 1.85. The van der Waals surface area contributed by atoms with Crippen LogP contribution in [0.2, 0.25) is 0 Å². The highest BCUT2D eigenvalue weighted by atomic mass is 16.6. The van der Waals surface area contributed by atoms with E-state index in [4.69, 9.17) is 5.11 Å². The molecular formula is C13H18N2O4. The first-order valence-electron chi connectivity index (χ1n) is 6.17. The molecule has 19 heavy (non-hydrogen) atoms. The Morgan fingerprint density at radius 3 is 2.74 bits per heavy atom. The molecule has 1 aromatic carbocycles. The molecule has 6 nitrogen and oxygen atoms in total. The fourth-order valence-electron chi connectivity index (χ4n) is 1.85. The fraction of sp³-hybridized carbons (Fsp3) is 0.462. The molecule has 104 valence electrons. The van der Waals surface area contributed by atoms with E-state index in [1.54, 1.807) is 12.1 Å². The second kappa shape index (κ2) is 6.72. The highest BCUT2D eigenvalue weighted by Crippen LogP contribution is 2.25. The van der Waals surface area contributed by atoms with E-state index in [0.29, 0.717) is 12.1 Å². The van der Waals surface area contributed by atoms with Crippen molar-refractivity contribution in [3.05, 3.63) is 33.9 Å². The van der Waals surface area contributed by atoms with E-state index >= 15 is 0 Å². The van der Waals surface area contributed by atoms with Crippen molar-refractivity contribution in [2.24, 2.45) is 5.92 Å². The van der Waals surface area contributed by atoms with Crippen LogP contribution in [-0.2, 0) is 4.79 Å². The molecular weight excluding hydrogens is 248 g/mol. The van der Waals surface area contributed by atoms with Crippen molar-refractivity contribution in [3.63, 3.8) is 0 Å². The average molecular weight is 266 g/mol. The number of anilines is 1. The van der Waals surface area contributed by atoms with Crippen molar-refractivity contribution in [2.75, 3.05) is 11.9 Å². The van der Waals surface area contributed by atoms with Gasteiger partial charge in [0.1, 0.15) is 5.69 Å².